The first kappa shape index (κ1) is 21.5. The molecule has 0 bridgehead atoms. The summed E-state index contributed by atoms with van der Waals surface area (Å²) in [6, 6.07) is 11.0. The number of pyridine rings is 1. The van der Waals surface area contributed by atoms with Crippen LogP contribution in [0.25, 0.3) is 0 Å². The quantitative estimate of drug-likeness (QED) is 0.377. The molecule has 30 heavy (non-hydrogen) atoms. The fourth-order valence-corrected chi connectivity index (χ4v) is 3.47. The molecule has 156 valence electrons. The Kier molecular flexibility index (Phi) is 7.52. The van der Waals surface area contributed by atoms with Gasteiger partial charge >= 0.3 is 0 Å². The molecule has 1 saturated heterocycles. The molecule has 1 fully saturated rings. The summed E-state index contributed by atoms with van der Waals surface area (Å²) < 4.78 is 0. The number of terminal acetylenes is 1. The van der Waals surface area contributed by atoms with Crippen LogP contribution in [0.3, 0.4) is 0 Å². The number of carbonyl (C=O) groups excluding carboxylic acids is 1. The van der Waals surface area contributed by atoms with Crippen LogP contribution in [0, 0.1) is 12.3 Å². The zero-order valence-electron chi connectivity index (χ0n) is 16.9. The van der Waals surface area contributed by atoms with E-state index in [1.165, 1.54) is 0 Å². The molecule has 1 amide bonds. The first-order valence-electron chi connectivity index (χ1n) is 9.86. The van der Waals surface area contributed by atoms with Gasteiger partial charge in [-0.1, -0.05) is 23.6 Å². The van der Waals surface area contributed by atoms with Crippen molar-refractivity contribution in [1.29, 1.82) is 0 Å². The molecule has 1 atom stereocenters. The Hall–Kier alpha value is -3.24. The van der Waals surface area contributed by atoms with E-state index in [1.807, 2.05) is 25.1 Å². The van der Waals surface area contributed by atoms with Crippen molar-refractivity contribution >= 4 is 35.0 Å². The number of nitrogens with zero attached hydrogens (tertiary/aromatic N) is 3. The van der Waals surface area contributed by atoms with Crippen LogP contribution in [0.1, 0.15) is 18.9 Å². The largest absolute Gasteiger partial charge is 0.357 e. The number of aliphatic imine (C=N–C) groups is 1. The van der Waals surface area contributed by atoms with Gasteiger partial charge in [0.25, 0.3) is 0 Å². The Morgan fingerprint density at radius 1 is 1.40 bits per heavy atom. The number of benzene rings is 1. The average molecular weight is 425 g/mol. The minimum Gasteiger partial charge on any atom is -0.357 e. The van der Waals surface area contributed by atoms with Crippen LogP contribution in [0.5, 0.6) is 0 Å². The van der Waals surface area contributed by atoms with Crippen molar-refractivity contribution < 1.29 is 4.79 Å². The predicted molar refractivity (Wildman–Crippen MR) is 122 cm³/mol. The molecular formula is C22H25ClN6O. The van der Waals surface area contributed by atoms with Gasteiger partial charge in [0.1, 0.15) is 12.4 Å². The van der Waals surface area contributed by atoms with Crippen LogP contribution in [-0.2, 0) is 4.79 Å². The number of halogens is 1. The van der Waals surface area contributed by atoms with E-state index in [4.69, 9.17) is 18.0 Å². The molecule has 1 aliphatic heterocycles. The summed E-state index contributed by atoms with van der Waals surface area (Å²) in [6.07, 6.45) is 8.06. The number of carbonyl (C=O) groups is 1. The van der Waals surface area contributed by atoms with Gasteiger partial charge in [-0.2, -0.15) is 0 Å². The molecule has 1 unspecified atom stereocenters. The molecule has 8 heteroatoms. The number of guanidine groups is 1. The molecule has 1 aromatic heterocycles. The van der Waals surface area contributed by atoms with Crippen molar-refractivity contribution in [2.75, 3.05) is 36.4 Å². The number of amides is 1. The molecule has 3 rings (SSSR count). The van der Waals surface area contributed by atoms with Gasteiger partial charge in [-0.3, -0.25) is 4.79 Å². The summed E-state index contributed by atoms with van der Waals surface area (Å²) >= 11 is 6.26. The number of anilines is 2. The van der Waals surface area contributed by atoms with Crippen LogP contribution < -0.4 is 20.9 Å². The number of hydrogen-bond acceptors (Lipinski definition) is 4. The maximum atomic E-state index is 12.3. The van der Waals surface area contributed by atoms with Gasteiger partial charge in [0.2, 0.25) is 5.91 Å². The molecule has 0 saturated carbocycles. The molecule has 0 aliphatic carbocycles. The third-order valence-corrected chi connectivity index (χ3v) is 4.90. The van der Waals surface area contributed by atoms with Crippen molar-refractivity contribution in [2.45, 2.75) is 19.4 Å². The van der Waals surface area contributed by atoms with Gasteiger partial charge < -0.3 is 20.9 Å². The summed E-state index contributed by atoms with van der Waals surface area (Å²) in [5.74, 6) is 3.73. The summed E-state index contributed by atoms with van der Waals surface area (Å²) in [6.45, 7) is 4.28. The van der Waals surface area contributed by atoms with Gasteiger partial charge in [-0.15, -0.1) is 6.42 Å². The fraction of sp³-hybridized carbons (Fsp3) is 0.318. The first-order valence-corrected chi connectivity index (χ1v) is 10.2. The second kappa shape index (κ2) is 10.5. The Morgan fingerprint density at radius 3 is 3.03 bits per heavy atom. The lowest BCUT2D eigenvalue weighted by Gasteiger charge is -2.20. The van der Waals surface area contributed by atoms with Crippen LogP contribution in [0.15, 0.2) is 47.6 Å². The highest BCUT2D eigenvalue weighted by Gasteiger charge is 2.25. The minimum atomic E-state index is -0.213. The van der Waals surface area contributed by atoms with Crippen molar-refractivity contribution in [3.63, 3.8) is 0 Å². The Morgan fingerprint density at radius 2 is 2.27 bits per heavy atom. The summed E-state index contributed by atoms with van der Waals surface area (Å²) in [5.41, 5.74) is 1.37. The second-order valence-electron chi connectivity index (χ2n) is 6.85. The SMILES string of the molecule is C#Cc1cccc(NC(=O)CN=C(NCC)NC2CCN(c3ncccc3Cl)C2)c1. The molecule has 3 N–H and O–H groups in total. The molecular weight excluding hydrogens is 400 g/mol. The lowest BCUT2D eigenvalue weighted by Crippen LogP contribution is -2.45. The van der Waals surface area contributed by atoms with E-state index >= 15 is 0 Å². The summed E-state index contributed by atoms with van der Waals surface area (Å²) in [4.78, 5) is 23.2. The topological polar surface area (TPSA) is 81.6 Å². The van der Waals surface area contributed by atoms with E-state index in [0.717, 1.165) is 25.3 Å². The lowest BCUT2D eigenvalue weighted by atomic mass is 10.2. The molecule has 1 aromatic carbocycles. The maximum Gasteiger partial charge on any atom is 0.246 e. The molecule has 0 spiro atoms. The molecule has 1 aliphatic rings. The molecule has 0 radical (unpaired) electrons. The van der Waals surface area contributed by atoms with E-state index in [1.54, 1.807) is 24.4 Å². The normalized spacial score (nSPS) is 16.1. The second-order valence-corrected chi connectivity index (χ2v) is 7.26. The van der Waals surface area contributed by atoms with Gasteiger partial charge in [-0.05, 0) is 43.7 Å². The number of aromatic nitrogens is 1. The van der Waals surface area contributed by atoms with Gasteiger partial charge in [-0.25, -0.2) is 9.98 Å². The van der Waals surface area contributed by atoms with Crippen LogP contribution >= 0.6 is 11.6 Å². The number of rotatable bonds is 6. The highest BCUT2D eigenvalue weighted by Crippen LogP contribution is 2.25. The van der Waals surface area contributed by atoms with Crippen molar-refractivity contribution in [1.82, 2.24) is 15.6 Å². The zero-order chi connectivity index (χ0) is 21.3. The lowest BCUT2D eigenvalue weighted by molar-refractivity contribution is -0.114. The Labute approximate surface area is 181 Å². The Bertz CT molecular complexity index is 955. The Balaban J connectivity index is 1.56. The molecule has 2 aromatic rings. The third kappa shape index (κ3) is 5.88. The minimum absolute atomic E-state index is 0.00187. The smallest absolute Gasteiger partial charge is 0.246 e. The van der Waals surface area contributed by atoms with Crippen molar-refractivity contribution in [3.8, 4) is 12.3 Å². The van der Waals surface area contributed by atoms with Crippen LogP contribution in [0.4, 0.5) is 11.5 Å². The van der Waals surface area contributed by atoms with Gasteiger partial charge in [0.05, 0.1) is 5.02 Å². The molecule has 2 heterocycles. The van der Waals surface area contributed by atoms with E-state index < -0.39 is 0 Å². The standard InChI is InChI=1S/C22H25ClN6O/c1-3-16-7-5-8-17(13-16)27-20(30)14-26-22(24-4-2)28-18-10-12-29(15-18)21-19(23)9-6-11-25-21/h1,5-9,11,13,18H,4,10,12,14-15H2,2H3,(H,27,30)(H2,24,26,28). The number of nitrogens with one attached hydrogen (secondary N) is 3. The van der Waals surface area contributed by atoms with Gasteiger partial charge in [0, 0.05) is 43.1 Å². The highest BCUT2D eigenvalue weighted by molar-refractivity contribution is 6.32. The highest BCUT2D eigenvalue weighted by atomic mass is 35.5. The monoisotopic (exact) mass is 424 g/mol. The average Bonchev–Trinajstić information content (AvgIpc) is 3.21. The zero-order valence-corrected chi connectivity index (χ0v) is 17.6. The first-order chi connectivity index (χ1) is 14.6. The van der Waals surface area contributed by atoms with Crippen molar-refractivity contribution in [3.05, 3.63) is 53.2 Å². The fourth-order valence-electron chi connectivity index (χ4n) is 3.23. The van der Waals surface area contributed by atoms with E-state index in [-0.39, 0.29) is 18.5 Å². The van der Waals surface area contributed by atoms with Gasteiger partial charge in [0.15, 0.2) is 5.96 Å². The molecule has 7 nitrogen and oxygen atoms in total. The third-order valence-electron chi connectivity index (χ3n) is 4.61. The van der Waals surface area contributed by atoms with Crippen LogP contribution in [-0.4, -0.2) is 49.1 Å². The maximum absolute atomic E-state index is 12.3. The van der Waals surface area contributed by atoms with E-state index in [0.29, 0.717) is 28.8 Å². The number of hydrogen-bond donors (Lipinski definition) is 3. The van der Waals surface area contributed by atoms with Crippen LogP contribution in [0.2, 0.25) is 5.02 Å². The predicted octanol–water partition coefficient (Wildman–Crippen LogP) is 2.49. The van der Waals surface area contributed by atoms with Crippen molar-refractivity contribution in [2.24, 2.45) is 4.99 Å². The van der Waals surface area contributed by atoms with E-state index in [2.05, 4.69) is 36.7 Å². The summed E-state index contributed by atoms with van der Waals surface area (Å²) in [5, 5.41) is 10.0. The van der Waals surface area contributed by atoms with E-state index in [9.17, 15) is 4.79 Å². The summed E-state index contributed by atoms with van der Waals surface area (Å²) in [7, 11) is 0.